The van der Waals surface area contributed by atoms with Crippen LogP contribution in [0.5, 0.6) is 0 Å². The van der Waals surface area contributed by atoms with E-state index in [9.17, 15) is 18.9 Å². The number of hydrogen-bond donors (Lipinski definition) is 2. The molecule has 0 atom stereocenters. The summed E-state index contributed by atoms with van der Waals surface area (Å²) in [6, 6.07) is 5.48. The Bertz CT molecular complexity index is 659. The second kappa shape index (κ2) is 6.12. The van der Waals surface area contributed by atoms with Crippen molar-refractivity contribution in [2.45, 2.75) is 6.92 Å². The van der Waals surface area contributed by atoms with Gasteiger partial charge in [-0.2, -0.15) is 0 Å². The topological polar surface area (TPSA) is 80.1 Å². The van der Waals surface area contributed by atoms with Gasteiger partial charge in [-0.3, -0.25) is 10.1 Å². The summed E-state index contributed by atoms with van der Waals surface area (Å²) in [5.41, 5.74) is -0.252. The Morgan fingerprint density at radius 1 is 1.24 bits per heavy atom. The first kappa shape index (κ1) is 14.6. The SMILES string of the molecule is CCNc1ccc([N+](=O)[O-])c(Nc2cc(F)cc(F)c2)n1. The molecule has 1 heterocycles. The maximum absolute atomic E-state index is 13.1. The number of nitrogens with one attached hydrogen (secondary N) is 2. The second-order valence-electron chi connectivity index (χ2n) is 4.13. The van der Waals surface area contributed by atoms with Crippen LogP contribution in [-0.2, 0) is 0 Å². The lowest BCUT2D eigenvalue weighted by Gasteiger charge is -2.09. The predicted molar refractivity (Wildman–Crippen MR) is 74.7 cm³/mol. The Morgan fingerprint density at radius 3 is 2.48 bits per heavy atom. The van der Waals surface area contributed by atoms with Crippen molar-refractivity contribution in [3.05, 3.63) is 52.1 Å². The molecule has 0 unspecified atom stereocenters. The van der Waals surface area contributed by atoms with E-state index in [0.29, 0.717) is 18.4 Å². The molecule has 0 fully saturated rings. The highest BCUT2D eigenvalue weighted by Crippen LogP contribution is 2.27. The van der Waals surface area contributed by atoms with Crippen LogP contribution in [0.3, 0.4) is 0 Å². The van der Waals surface area contributed by atoms with Gasteiger partial charge in [0.05, 0.1) is 4.92 Å². The molecule has 0 spiro atoms. The molecular formula is C13H12F2N4O2. The number of benzene rings is 1. The van der Waals surface area contributed by atoms with Gasteiger partial charge < -0.3 is 10.6 Å². The van der Waals surface area contributed by atoms with Gasteiger partial charge in [-0.25, -0.2) is 13.8 Å². The minimum atomic E-state index is -0.789. The van der Waals surface area contributed by atoms with Crippen LogP contribution in [0, 0.1) is 21.7 Å². The Kier molecular flexibility index (Phi) is 4.27. The molecule has 0 aliphatic heterocycles. The van der Waals surface area contributed by atoms with Gasteiger partial charge in [-0.15, -0.1) is 0 Å². The Balaban J connectivity index is 2.40. The first-order valence-corrected chi connectivity index (χ1v) is 6.12. The lowest BCUT2D eigenvalue weighted by atomic mass is 10.3. The van der Waals surface area contributed by atoms with Crippen LogP contribution in [-0.4, -0.2) is 16.5 Å². The zero-order chi connectivity index (χ0) is 15.4. The molecule has 0 radical (unpaired) electrons. The van der Waals surface area contributed by atoms with Gasteiger partial charge in [-0.1, -0.05) is 0 Å². The minimum absolute atomic E-state index is 0.0387. The van der Waals surface area contributed by atoms with Crippen LogP contribution in [0.2, 0.25) is 0 Å². The van der Waals surface area contributed by atoms with Gasteiger partial charge in [-0.05, 0) is 25.1 Å². The summed E-state index contributed by atoms with van der Waals surface area (Å²) in [5.74, 6) is -1.25. The molecule has 21 heavy (non-hydrogen) atoms. The van der Waals surface area contributed by atoms with Crippen molar-refractivity contribution in [1.82, 2.24) is 4.98 Å². The Hall–Kier alpha value is -2.77. The monoisotopic (exact) mass is 294 g/mol. The van der Waals surface area contributed by atoms with Crippen molar-refractivity contribution in [3.8, 4) is 0 Å². The summed E-state index contributed by atoms with van der Waals surface area (Å²) in [6.45, 7) is 2.43. The van der Waals surface area contributed by atoms with E-state index in [2.05, 4.69) is 15.6 Å². The number of rotatable bonds is 5. The van der Waals surface area contributed by atoms with E-state index in [-0.39, 0.29) is 17.2 Å². The van der Waals surface area contributed by atoms with E-state index in [1.54, 1.807) is 0 Å². The van der Waals surface area contributed by atoms with Crippen molar-refractivity contribution < 1.29 is 13.7 Å². The van der Waals surface area contributed by atoms with Crippen molar-refractivity contribution in [2.75, 3.05) is 17.2 Å². The molecule has 2 N–H and O–H groups in total. The van der Waals surface area contributed by atoms with Crippen molar-refractivity contribution in [1.29, 1.82) is 0 Å². The Morgan fingerprint density at radius 2 is 1.90 bits per heavy atom. The first-order valence-electron chi connectivity index (χ1n) is 6.12. The molecule has 0 aliphatic carbocycles. The number of anilines is 3. The zero-order valence-electron chi connectivity index (χ0n) is 11.1. The third-order valence-corrected chi connectivity index (χ3v) is 2.55. The van der Waals surface area contributed by atoms with Crippen molar-refractivity contribution >= 4 is 23.0 Å². The van der Waals surface area contributed by atoms with E-state index in [4.69, 9.17) is 0 Å². The molecule has 6 nitrogen and oxygen atoms in total. The van der Waals surface area contributed by atoms with Crippen LogP contribution in [0.25, 0.3) is 0 Å². The fourth-order valence-electron chi connectivity index (χ4n) is 1.73. The highest BCUT2D eigenvalue weighted by Gasteiger charge is 2.16. The number of hydrogen-bond acceptors (Lipinski definition) is 5. The van der Waals surface area contributed by atoms with Gasteiger partial charge >= 0.3 is 5.69 Å². The van der Waals surface area contributed by atoms with Crippen LogP contribution in [0.15, 0.2) is 30.3 Å². The molecule has 8 heteroatoms. The average Bonchev–Trinajstić information content (AvgIpc) is 2.37. The maximum atomic E-state index is 13.1. The third kappa shape index (κ3) is 3.62. The zero-order valence-corrected chi connectivity index (χ0v) is 11.1. The van der Waals surface area contributed by atoms with E-state index < -0.39 is 16.6 Å². The van der Waals surface area contributed by atoms with Gasteiger partial charge in [0, 0.05) is 24.4 Å². The molecular weight excluding hydrogens is 282 g/mol. The van der Waals surface area contributed by atoms with E-state index in [0.717, 1.165) is 12.1 Å². The molecule has 0 aliphatic rings. The molecule has 110 valence electrons. The van der Waals surface area contributed by atoms with Crippen LogP contribution >= 0.6 is 0 Å². The first-order chi connectivity index (χ1) is 9.99. The molecule has 0 amide bonds. The van der Waals surface area contributed by atoms with Crippen LogP contribution < -0.4 is 10.6 Å². The van der Waals surface area contributed by atoms with Crippen LogP contribution in [0.1, 0.15) is 6.92 Å². The molecule has 2 rings (SSSR count). The van der Waals surface area contributed by atoms with Crippen LogP contribution in [0.4, 0.5) is 31.8 Å². The molecule has 1 aromatic carbocycles. The summed E-state index contributed by atoms with van der Waals surface area (Å²) < 4.78 is 26.3. The van der Waals surface area contributed by atoms with Gasteiger partial charge in [0.25, 0.3) is 0 Å². The second-order valence-corrected chi connectivity index (χ2v) is 4.13. The quantitative estimate of drug-likeness (QED) is 0.652. The van der Waals surface area contributed by atoms with Crippen molar-refractivity contribution in [3.63, 3.8) is 0 Å². The average molecular weight is 294 g/mol. The van der Waals surface area contributed by atoms with Gasteiger partial charge in [0.1, 0.15) is 17.5 Å². The summed E-state index contributed by atoms with van der Waals surface area (Å²) >= 11 is 0. The summed E-state index contributed by atoms with van der Waals surface area (Å²) in [6.07, 6.45) is 0. The molecule has 0 saturated carbocycles. The standard InChI is InChI=1S/C13H12F2N4O2/c1-2-16-12-4-3-11(19(20)21)13(18-12)17-10-6-8(14)5-9(15)7-10/h3-7H,2H2,1H3,(H2,16,17,18). The maximum Gasteiger partial charge on any atom is 0.311 e. The minimum Gasteiger partial charge on any atom is -0.370 e. The fraction of sp³-hybridized carbons (Fsp3) is 0.154. The summed E-state index contributed by atoms with van der Waals surface area (Å²) in [5, 5.41) is 16.4. The van der Waals surface area contributed by atoms with Gasteiger partial charge in [0.2, 0.25) is 5.82 Å². The number of halogens is 2. The van der Waals surface area contributed by atoms with E-state index in [1.807, 2.05) is 6.92 Å². The molecule has 2 aromatic rings. The summed E-state index contributed by atoms with van der Waals surface area (Å²) in [7, 11) is 0. The molecule has 0 saturated heterocycles. The van der Waals surface area contributed by atoms with E-state index >= 15 is 0 Å². The molecule has 0 bridgehead atoms. The highest BCUT2D eigenvalue weighted by atomic mass is 19.1. The highest BCUT2D eigenvalue weighted by molar-refractivity contribution is 5.67. The Labute approximate surface area is 119 Å². The normalized spacial score (nSPS) is 10.2. The number of aromatic nitrogens is 1. The van der Waals surface area contributed by atoms with Gasteiger partial charge in [0.15, 0.2) is 0 Å². The number of nitro groups is 1. The lowest BCUT2D eigenvalue weighted by molar-refractivity contribution is -0.384. The van der Waals surface area contributed by atoms with E-state index in [1.165, 1.54) is 12.1 Å². The lowest BCUT2D eigenvalue weighted by Crippen LogP contribution is -2.04. The predicted octanol–water partition coefficient (Wildman–Crippen LogP) is 3.44. The smallest absolute Gasteiger partial charge is 0.311 e. The third-order valence-electron chi connectivity index (χ3n) is 2.55. The largest absolute Gasteiger partial charge is 0.370 e. The molecule has 1 aromatic heterocycles. The fourth-order valence-corrected chi connectivity index (χ4v) is 1.73. The number of nitrogens with zero attached hydrogens (tertiary/aromatic N) is 2. The summed E-state index contributed by atoms with van der Waals surface area (Å²) in [4.78, 5) is 14.4. The number of pyridine rings is 1. The van der Waals surface area contributed by atoms with Crippen molar-refractivity contribution in [2.24, 2.45) is 0 Å².